The minimum atomic E-state index is -0.454. The second-order valence-corrected chi connectivity index (χ2v) is 5.79. The van der Waals surface area contributed by atoms with Crippen LogP contribution >= 0.6 is 12.2 Å². The first kappa shape index (κ1) is 20.4. The molecule has 0 saturated carbocycles. The lowest BCUT2D eigenvalue weighted by Gasteiger charge is -2.14. The Kier molecular flexibility index (Phi) is 7.29. The largest absolute Gasteiger partial charge is 0.493 e. The number of hydrogen-bond donors (Lipinski definition) is 2. The van der Waals surface area contributed by atoms with Crippen molar-refractivity contribution >= 4 is 29.2 Å². The van der Waals surface area contributed by atoms with Crippen molar-refractivity contribution in [3.8, 4) is 17.2 Å². The number of aryl methyl sites for hydroxylation is 1. The number of carbonyl (C=O) groups is 1. The summed E-state index contributed by atoms with van der Waals surface area (Å²) in [5, 5.41) is 17.2. The molecular formula is C16H22N6O4S. The minimum Gasteiger partial charge on any atom is -0.493 e. The molecule has 0 spiro atoms. The summed E-state index contributed by atoms with van der Waals surface area (Å²) in [6, 6.07) is 3.05. The van der Waals surface area contributed by atoms with Gasteiger partial charge in [0.15, 0.2) is 16.6 Å². The predicted octanol–water partition coefficient (Wildman–Crippen LogP) is 1.63. The molecular weight excluding hydrogens is 372 g/mol. The molecule has 1 heterocycles. The Balaban J connectivity index is 2.05. The molecule has 146 valence electrons. The van der Waals surface area contributed by atoms with Crippen LogP contribution in [0.1, 0.15) is 30.1 Å². The van der Waals surface area contributed by atoms with Crippen LogP contribution in [-0.4, -0.2) is 52.6 Å². The SMILES string of the molecule is CCCCn1nnc(NC(=S)NC(=O)c2cc(OC)c(OC)c(OC)c2)n1. The van der Waals surface area contributed by atoms with Gasteiger partial charge in [-0.05, 0) is 36.0 Å². The van der Waals surface area contributed by atoms with Gasteiger partial charge in [-0.2, -0.15) is 4.80 Å². The van der Waals surface area contributed by atoms with E-state index in [1.807, 2.05) is 0 Å². The first-order valence-corrected chi connectivity index (χ1v) is 8.63. The molecule has 1 aromatic carbocycles. The third kappa shape index (κ3) is 5.26. The van der Waals surface area contributed by atoms with E-state index in [2.05, 4.69) is 33.0 Å². The zero-order chi connectivity index (χ0) is 19.8. The number of benzene rings is 1. The average molecular weight is 394 g/mol. The summed E-state index contributed by atoms with van der Waals surface area (Å²) >= 11 is 5.13. The van der Waals surface area contributed by atoms with Crippen molar-refractivity contribution in [2.75, 3.05) is 26.6 Å². The van der Waals surface area contributed by atoms with Crippen LogP contribution in [0.2, 0.25) is 0 Å². The number of rotatable bonds is 8. The van der Waals surface area contributed by atoms with Gasteiger partial charge in [-0.25, -0.2) is 0 Å². The number of carbonyl (C=O) groups excluding carboxylic acids is 1. The normalized spacial score (nSPS) is 10.2. The maximum Gasteiger partial charge on any atom is 0.269 e. The fraction of sp³-hybridized carbons (Fsp3) is 0.438. The van der Waals surface area contributed by atoms with Gasteiger partial charge in [-0.3, -0.25) is 15.4 Å². The smallest absolute Gasteiger partial charge is 0.269 e. The van der Waals surface area contributed by atoms with Crippen LogP contribution in [0.4, 0.5) is 5.95 Å². The van der Waals surface area contributed by atoms with E-state index >= 15 is 0 Å². The number of ether oxygens (including phenoxy) is 3. The van der Waals surface area contributed by atoms with E-state index in [1.165, 1.54) is 38.3 Å². The first-order chi connectivity index (χ1) is 13.0. The number of methoxy groups -OCH3 is 3. The lowest BCUT2D eigenvalue weighted by atomic mass is 10.1. The van der Waals surface area contributed by atoms with Gasteiger partial charge in [-0.15, -0.1) is 5.10 Å². The molecule has 10 nitrogen and oxygen atoms in total. The van der Waals surface area contributed by atoms with Crippen LogP contribution in [0.5, 0.6) is 17.2 Å². The molecule has 0 aliphatic heterocycles. The molecule has 1 amide bonds. The van der Waals surface area contributed by atoms with E-state index < -0.39 is 5.91 Å². The van der Waals surface area contributed by atoms with Gasteiger partial charge in [-0.1, -0.05) is 18.4 Å². The summed E-state index contributed by atoms with van der Waals surface area (Å²) in [5.74, 6) is 0.874. The zero-order valence-corrected chi connectivity index (χ0v) is 16.4. The minimum absolute atomic E-state index is 0.0452. The Bertz CT molecular complexity index is 785. The van der Waals surface area contributed by atoms with Gasteiger partial charge in [0, 0.05) is 5.56 Å². The molecule has 11 heteroatoms. The fourth-order valence-corrected chi connectivity index (χ4v) is 2.39. The van der Waals surface area contributed by atoms with E-state index in [1.54, 1.807) is 0 Å². The first-order valence-electron chi connectivity index (χ1n) is 8.22. The van der Waals surface area contributed by atoms with Gasteiger partial charge in [0.2, 0.25) is 5.75 Å². The number of aromatic nitrogens is 4. The van der Waals surface area contributed by atoms with Crippen molar-refractivity contribution in [3.05, 3.63) is 17.7 Å². The topological polar surface area (TPSA) is 112 Å². The highest BCUT2D eigenvalue weighted by Crippen LogP contribution is 2.38. The summed E-state index contributed by atoms with van der Waals surface area (Å²) in [4.78, 5) is 13.9. The highest BCUT2D eigenvalue weighted by Gasteiger charge is 2.18. The molecule has 2 aromatic rings. The molecule has 0 fully saturated rings. The number of unbranched alkanes of at least 4 members (excludes halogenated alkanes) is 1. The Morgan fingerprint density at radius 2 is 1.85 bits per heavy atom. The van der Waals surface area contributed by atoms with Gasteiger partial charge in [0.05, 0.1) is 27.9 Å². The molecule has 2 rings (SSSR count). The van der Waals surface area contributed by atoms with Crippen molar-refractivity contribution in [1.82, 2.24) is 25.5 Å². The van der Waals surface area contributed by atoms with Gasteiger partial charge in [0.25, 0.3) is 11.9 Å². The van der Waals surface area contributed by atoms with Crippen LogP contribution in [0.15, 0.2) is 12.1 Å². The van der Waals surface area contributed by atoms with Crippen LogP contribution in [0.3, 0.4) is 0 Å². The number of tetrazole rings is 1. The quantitative estimate of drug-likeness (QED) is 0.645. The standard InChI is InChI=1S/C16H22N6O4S/c1-5-6-7-22-20-15(19-21-22)18-16(27)17-14(23)10-8-11(24-2)13(26-4)12(9-10)25-3/h8-9H,5-7H2,1-4H3,(H2,17,18,20,23,27). The maximum atomic E-state index is 12.5. The molecule has 0 aliphatic rings. The summed E-state index contributed by atoms with van der Waals surface area (Å²) in [6.45, 7) is 2.74. The third-order valence-electron chi connectivity index (χ3n) is 3.54. The molecule has 0 radical (unpaired) electrons. The number of nitrogens with one attached hydrogen (secondary N) is 2. The number of anilines is 1. The fourth-order valence-electron chi connectivity index (χ4n) is 2.21. The van der Waals surface area contributed by atoms with Crippen LogP contribution < -0.4 is 24.8 Å². The van der Waals surface area contributed by atoms with Crippen molar-refractivity contribution < 1.29 is 19.0 Å². The van der Waals surface area contributed by atoms with E-state index in [4.69, 9.17) is 26.4 Å². The summed E-state index contributed by atoms with van der Waals surface area (Å²) < 4.78 is 15.7. The Morgan fingerprint density at radius 1 is 1.19 bits per heavy atom. The van der Waals surface area contributed by atoms with Gasteiger partial charge < -0.3 is 14.2 Å². The van der Waals surface area contributed by atoms with E-state index in [0.717, 1.165) is 12.8 Å². The maximum absolute atomic E-state index is 12.5. The Hall–Kier alpha value is -2.95. The molecule has 0 saturated heterocycles. The zero-order valence-electron chi connectivity index (χ0n) is 15.6. The summed E-state index contributed by atoms with van der Waals surface area (Å²) in [5.41, 5.74) is 0.285. The lowest BCUT2D eigenvalue weighted by Crippen LogP contribution is -2.34. The van der Waals surface area contributed by atoms with Crippen molar-refractivity contribution in [2.24, 2.45) is 0 Å². The molecule has 0 bridgehead atoms. The average Bonchev–Trinajstić information content (AvgIpc) is 3.11. The van der Waals surface area contributed by atoms with Crippen molar-refractivity contribution in [3.63, 3.8) is 0 Å². The Labute approximate surface area is 162 Å². The Morgan fingerprint density at radius 3 is 2.41 bits per heavy atom. The van der Waals surface area contributed by atoms with Crippen LogP contribution in [0.25, 0.3) is 0 Å². The molecule has 2 N–H and O–H groups in total. The van der Waals surface area contributed by atoms with Gasteiger partial charge in [0.1, 0.15) is 0 Å². The molecule has 0 atom stereocenters. The second kappa shape index (κ2) is 9.67. The molecule has 1 aromatic heterocycles. The molecule has 0 unspecified atom stereocenters. The number of amides is 1. The van der Waals surface area contributed by atoms with Gasteiger partial charge >= 0.3 is 0 Å². The highest BCUT2D eigenvalue weighted by atomic mass is 32.1. The molecule has 0 aliphatic carbocycles. The number of thiocarbonyl (C=S) groups is 1. The van der Waals surface area contributed by atoms with Crippen LogP contribution in [0, 0.1) is 0 Å². The highest BCUT2D eigenvalue weighted by molar-refractivity contribution is 7.80. The summed E-state index contributed by atoms with van der Waals surface area (Å²) in [6.07, 6.45) is 1.96. The third-order valence-corrected chi connectivity index (χ3v) is 3.75. The van der Waals surface area contributed by atoms with E-state index in [-0.39, 0.29) is 16.6 Å². The van der Waals surface area contributed by atoms with E-state index in [0.29, 0.717) is 23.8 Å². The number of nitrogens with zero attached hydrogens (tertiary/aromatic N) is 4. The monoisotopic (exact) mass is 394 g/mol. The van der Waals surface area contributed by atoms with Crippen molar-refractivity contribution in [2.45, 2.75) is 26.3 Å². The van der Waals surface area contributed by atoms with E-state index in [9.17, 15) is 4.79 Å². The predicted molar refractivity (Wildman–Crippen MR) is 103 cm³/mol. The second-order valence-electron chi connectivity index (χ2n) is 5.38. The molecule has 27 heavy (non-hydrogen) atoms. The lowest BCUT2D eigenvalue weighted by molar-refractivity contribution is 0.0977. The van der Waals surface area contributed by atoms with Crippen molar-refractivity contribution in [1.29, 1.82) is 0 Å². The summed E-state index contributed by atoms with van der Waals surface area (Å²) in [7, 11) is 4.43. The van der Waals surface area contributed by atoms with Crippen LogP contribution in [-0.2, 0) is 6.54 Å². The number of hydrogen-bond acceptors (Lipinski definition) is 8.